The molecule has 0 aromatic heterocycles. The third-order valence-corrected chi connectivity index (χ3v) is 9.30. The van der Waals surface area contributed by atoms with Crippen molar-refractivity contribution in [1.29, 1.82) is 0 Å². The van der Waals surface area contributed by atoms with Gasteiger partial charge in [0, 0.05) is 38.4 Å². The largest absolute Gasteiger partial charge is 0.437 e. The van der Waals surface area contributed by atoms with Crippen molar-refractivity contribution in [2.24, 2.45) is 0 Å². The van der Waals surface area contributed by atoms with Gasteiger partial charge in [-0.15, -0.1) is 0 Å². The minimum Gasteiger partial charge on any atom is -0.437 e. The van der Waals surface area contributed by atoms with Crippen molar-refractivity contribution >= 4 is 6.09 Å². The molecular formula is C34H48F2N2O3. The van der Waals surface area contributed by atoms with Crippen molar-refractivity contribution in [3.8, 4) is 0 Å². The maximum Gasteiger partial charge on any atom is 0.412 e. The van der Waals surface area contributed by atoms with E-state index in [1.54, 1.807) is 11.8 Å². The molecule has 41 heavy (non-hydrogen) atoms. The summed E-state index contributed by atoms with van der Waals surface area (Å²) in [6, 6.07) is 13.1. The minimum atomic E-state index is -1.31. The normalized spacial score (nSPS) is 20.7. The first kappa shape index (κ1) is 31.4. The number of carbonyl (C=O) groups excluding carboxylic acids is 1. The van der Waals surface area contributed by atoms with Crippen molar-refractivity contribution in [1.82, 2.24) is 9.80 Å². The van der Waals surface area contributed by atoms with Gasteiger partial charge in [0.05, 0.1) is 0 Å². The number of rotatable bonds is 15. The quantitative estimate of drug-likeness (QED) is 0.220. The van der Waals surface area contributed by atoms with Crippen LogP contribution in [0.15, 0.2) is 48.5 Å². The summed E-state index contributed by atoms with van der Waals surface area (Å²) in [4.78, 5) is 16.7. The summed E-state index contributed by atoms with van der Waals surface area (Å²) in [6.45, 7) is 6.85. The Morgan fingerprint density at radius 2 is 1.32 bits per heavy atom. The van der Waals surface area contributed by atoms with Crippen molar-refractivity contribution in [2.45, 2.75) is 108 Å². The number of hydrogen-bond acceptors (Lipinski definition) is 4. The van der Waals surface area contributed by atoms with E-state index in [4.69, 9.17) is 4.74 Å². The molecule has 1 spiro atoms. The lowest BCUT2D eigenvalue weighted by molar-refractivity contribution is -0.165. The lowest BCUT2D eigenvalue weighted by Gasteiger charge is -2.45. The number of unbranched alkanes of at least 4 members (excludes halogenated alkanes) is 7. The molecule has 7 heteroatoms. The van der Waals surface area contributed by atoms with Crippen LogP contribution in [0.25, 0.3) is 0 Å². The zero-order chi connectivity index (χ0) is 29.3. The lowest BCUT2D eigenvalue weighted by Crippen LogP contribution is -2.60. The average molecular weight is 571 g/mol. The average Bonchev–Trinajstić information content (AvgIpc) is 3.14. The summed E-state index contributed by atoms with van der Waals surface area (Å²) in [5.74, 6) is -0.490. The van der Waals surface area contributed by atoms with Crippen LogP contribution in [0.2, 0.25) is 0 Å². The van der Waals surface area contributed by atoms with E-state index in [1.165, 1.54) is 56.4 Å². The van der Waals surface area contributed by atoms with Gasteiger partial charge in [-0.25, -0.2) is 13.6 Å². The Morgan fingerprint density at radius 3 is 1.85 bits per heavy atom. The van der Waals surface area contributed by atoms with Gasteiger partial charge in [-0.3, -0.25) is 4.90 Å². The van der Waals surface area contributed by atoms with Crippen LogP contribution in [0.4, 0.5) is 13.6 Å². The van der Waals surface area contributed by atoms with E-state index in [0.29, 0.717) is 19.4 Å². The van der Waals surface area contributed by atoms with E-state index < -0.39 is 17.4 Å². The van der Waals surface area contributed by atoms with Gasteiger partial charge in [-0.05, 0) is 68.1 Å². The number of aliphatic hydroxyl groups is 1. The van der Waals surface area contributed by atoms with E-state index in [9.17, 15) is 18.7 Å². The van der Waals surface area contributed by atoms with Crippen molar-refractivity contribution in [2.75, 3.05) is 26.2 Å². The topological polar surface area (TPSA) is 53.0 Å². The zero-order valence-electron chi connectivity index (χ0n) is 24.9. The Bertz CT molecular complexity index is 1040. The Kier molecular flexibility index (Phi) is 11.2. The standard InChI is InChI=1S/C34H48F2N2O3/c1-3-4-5-6-7-8-9-10-24-38-32(39)41-34(33(38,2)40)21-25-37(26-22-34)23-11-12-31(27-13-17-29(35)18-14-27)28-15-19-30(36)20-16-28/h13-20,31,40H,3-12,21-26H2,1-2H3. The lowest BCUT2D eigenvalue weighted by atomic mass is 9.81. The number of hydrogen-bond donors (Lipinski definition) is 1. The predicted octanol–water partition coefficient (Wildman–Crippen LogP) is 8.01. The summed E-state index contributed by atoms with van der Waals surface area (Å²) in [7, 11) is 0. The highest BCUT2D eigenvalue weighted by molar-refractivity contribution is 5.72. The van der Waals surface area contributed by atoms with Gasteiger partial charge in [0.2, 0.25) is 0 Å². The summed E-state index contributed by atoms with van der Waals surface area (Å²) in [6.07, 6.45) is 12.0. The molecule has 4 rings (SSSR count). The number of carbonyl (C=O) groups is 1. The SMILES string of the molecule is CCCCCCCCCCN1C(=O)OC2(CCN(CCCC(c3ccc(F)cc3)c3ccc(F)cc3)CC2)C1(C)O. The molecule has 1 unspecified atom stereocenters. The summed E-state index contributed by atoms with van der Waals surface area (Å²) in [5.41, 5.74) is -0.152. The first-order valence-corrected chi connectivity index (χ1v) is 15.7. The van der Waals surface area contributed by atoms with Gasteiger partial charge in [0.1, 0.15) is 11.6 Å². The minimum absolute atomic E-state index is 0.0498. The van der Waals surface area contributed by atoms with Crippen LogP contribution in [-0.4, -0.2) is 58.5 Å². The van der Waals surface area contributed by atoms with E-state index in [2.05, 4.69) is 11.8 Å². The van der Waals surface area contributed by atoms with Crippen LogP contribution in [-0.2, 0) is 4.74 Å². The molecule has 2 fully saturated rings. The molecule has 0 saturated carbocycles. The molecule has 1 atom stereocenters. The molecule has 0 radical (unpaired) electrons. The molecule has 1 amide bonds. The number of halogens is 2. The number of amides is 1. The second kappa shape index (κ2) is 14.6. The predicted molar refractivity (Wildman–Crippen MR) is 159 cm³/mol. The van der Waals surface area contributed by atoms with E-state index in [1.807, 2.05) is 24.3 Å². The zero-order valence-corrected chi connectivity index (χ0v) is 24.9. The number of benzene rings is 2. The maximum absolute atomic E-state index is 13.6. The number of piperidine rings is 1. The van der Waals surface area contributed by atoms with Gasteiger partial charge in [-0.2, -0.15) is 0 Å². The van der Waals surface area contributed by atoms with Gasteiger partial charge in [-0.1, -0.05) is 76.1 Å². The monoisotopic (exact) mass is 570 g/mol. The second-order valence-electron chi connectivity index (χ2n) is 12.1. The van der Waals surface area contributed by atoms with Crippen molar-refractivity contribution in [3.63, 3.8) is 0 Å². The third kappa shape index (κ3) is 7.86. The molecule has 2 aromatic carbocycles. The van der Waals surface area contributed by atoms with Gasteiger partial charge in [0.25, 0.3) is 0 Å². The summed E-state index contributed by atoms with van der Waals surface area (Å²) < 4.78 is 33.0. The second-order valence-corrected chi connectivity index (χ2v) is 12.1. The Morgan fingerprint density at radius 1 is 0.805 bits per heavy atom. The van der Waals surface area contributed by atoms with Crippen LogP contribution in [0.3, 0.4) is 0 Å². The third-order valence-electron chi connectivity index (χ3n) is 9.30. The fourth-order valence-electron chi connectivity index (χ4n) is 6.60. The van der Waals surface area contributed by atoms with E-state index in [0.717, 1.165) is 62.9 Å². The molecule has 226 valence electrons. The molecule has 2 heterocycles. The van der Waals surface area contributed by atoms with Gasteiger partial charge < -0.3 is 14.7 Å². The Labute approximate surface area is 244 Å². The van der Waals surface area contributed by atoms with Crippen LogP contribution >= 0.6 is 0 Å². The molecule has 1 N–H and O–H groups in total. The fourth-order valence-corrected chi connectivity index (χ4v) is 6.60. The molecule has 2 aliphatic heterocycles. The molecule has 2 aromatic rings. The Balaban J connectivity index is 1.25. The molecular weight excluding hydrogens is 522 g/mol. The smallest absolute Gasteiger partial charge is 0.412 e. The summed E-state index contributed by atoms with van der Waals surface area (Å²) in [5, 5.41) is 11.5. The molecule has 2 saturated heterocycles. The Hall–Kier alpha value is -2.51. The first-order valence-electron chi connectivity index (χ1n) is 15.7. The van der Waals surface area contributed by atoms with Gasteiger partial charge >= 0.3 is 6.09 Å². The number of ether oxygens (including phenoxy) is 1. The number of nitrogens with zero attached hydrogens (tertiary/aromatic N) is 2. The first-order chi connectivity index (χ1) is 19.8. The highest BCUT2D eigenvalue weighted by Crippen LogP contribution is 2.44. The van der Waals surface area contributed by atoms with E-state index >= 15 is 0 Å². The number of likely N-dealkylation sites (tertiary alicyclic amines) is 1. The molecule has 0 aliphatic carbocycles. The molecule has 0 bridgehead atoms. The highest BCUT2D eigenvalue weighted by atomic mass is 19.1. The van der Waals surface area contributed by atoms with Crippen molar-refractivity contribution in [3.05, 3.63) is 71.3 Å². The van der Waals surface area contributed by atoms with Gasteiger partial charge in [0.15, 0.2) is 11.3 Å². The van der Waals surface area contributed by atoms with Crippen LogP contribution < -0.4 is 0 Å². The van der Waals surface area contributed by atoms with Crippen LogP contribution in [0.5, 0.6) is 0 Å². The van der Waals surface area contributed by atoms with Crippen LogP contribution in [0.1, 0.15) is 108 Å². The summed E-state index contributed by atoms with van der Waals surface area (Å²) >= 11 is 0. The highest BCUT2D eigenvalue weighted by Gasteiger charge is 2.62. The van der Waals surface area contributed by atoms with Crippen molar-refractivity contribution < 1.29 is 23.4 Å². The fraction of sp³-hybridized carbons (Fsp3) is 0.618. The maximum atomic E-state index is 13.6. The molecule has 5 nitrogen and oxygen atoms in total. The van der Waals surface area contributed by atoms with Crippen LogP contribution in [0, 0.1) is 11.6 Å². The molecule has 2 aliphatic rings. The van der Waals surface area contributed by atoms with E-state index in [-0.39, 0.29) is 17.6 Å².